The largest absolute Gasteiger partial charge is 1.00 e. The van der Waals surface area contributed by atoms with Gasteiger partial charge in [0.15, 0.2) is 0 Å². The molecule has 0 amide bonds. The molecule has 0 heterocycles. The average molecular weight is 532 g/mol. The molecule has 0 saturated carbocycles. The number of hydrogen-bond acceptors (Lipinski definition) is 0. The van der Waals surface area contributed by atoms with E-state index in [0.717, 1.165) is 0 Å². The van der Waals surface area contributed by atoms with Crippen molar-refractivity contribution in [2.45, 2.75) is 111 Å². The number of halogens is 2. The van der Waals surface area contributed by atoms with Gasteiger partial charge in [-0.3, -0.25) is 0 Å². The lowest BCUT2D eigenvalue weighted by atomic mass is 10.1. The second kappa shape index (κ2) is 21.5. The fraction of sp³-hybridized carbons (Fsp3) is 1.00. The van der Waals surface area contributed by atoms with Gasteiger partial charge >= 0.3 is 0 Å². The lowest BCUT2D eigenvalue weighted by Crippen LogP contribution is -3.00. The average Bonchev–Trinajstić information content (AvgIpc) is 2.60. The van der Waals surface area contributed by atoms with Gasteiger partial charge in [0.25, 0.3) is 0 Å². The summed E-state index contributed by atoms with van der Waals surface area (Å²) in [5.74, 6) is 0. The minimum Gasteiger partial charge on any atom is -1.00 e. The first-order chi connectivity index (χ1) is 11.7. The Hall–Kier alpha value is 1.17. The summed E-state index contributed by atoms with van der Waals surface area (Å²) in [6.07, 6.45) is 19.8. The van der Waals surface area contributed by atoms with Gasteiger partial charge in [0.05, 0.1) is 26.2 Å². The molecule has 0 aromatic carbocycles. The molecule has 0 unspecified atom stereocenters. The zero-order chi connectivity index (χ0) is 17.9. The molecular weight excluding hydrogens is 485 g/mol. The predicted octanol–water partition coefficient (Wildman–Crippen LogP) is 4.72. The van der Waals surface area contributed by atoms with Crippen molar-refractivity contribution in [3.8, 4) is 0 Å². The smallest absolute Gasteiger partial charge is 0.0786 e. The molecule has 154 valence electrons. The summed E-state index contributed by atoms with van der Waals surface area (Å²) < 4.78 is 1.43. The number of unbranched alkanes of at least 4 members (excludes halogenated alkanes) is 10. The highest BCUT2D eigenvalue weighted by Gasteiger charge is 2.25. The van der Waals surface area contributed by atoms with Crippen LogP contribution in [0, 0.1) is 0 Å². The van der Waals surface area contributed by atoms with Gasteiger partial charge < -0.3 is 28.5 Å². The topological polar surface area (TPSA) is 0 Å². The first kappa shape index (κ1) is 28.4. The Morgan fingerprint density at radius 3 is 1.08 bits per heavy atom. The van der Waals surface area contributed by atoms with Gasteiger partial charge in [0.1, 0.15) is 0 Å². The van der Waals surface area contributed by atoms with Crippen LogP contribution in [0.25, 0.3) is 0 Å². The number of hydrogen-bond donors (Lipinski definition) is 0. The second-order valence-electron chi connectivity index (χ2n) is 7.81. The number of rotatable bonds is 19. The molecule has 0 fully saturated rings. The number of nitrogens with zero attached hydrogens (tertiary/aromatic N) is 1. The maximum absolute atomic E-state index is 3.63. The molecule has 0 rings (SSSR count). The van der Waals surface area contributed by atoms with Gasteiger partial charge in [-0.25, -0.2) is 0 Å². The Bertz CT molecular complexity index is 217. The van der Waals surface area contributed by atoms with Crippen LogP contribution in [0.3, 0.4) is 0 Å². The van der Waals surface area contributed by atoms with Crippen LogP contribution in [0.5, 0.6) is 0 Å². The molecule has 0 aliphatic rings. The van der Waals surface area contributed by atoms with E-state index < -0.39 is 0 Å². The molecular formula is C22H47BrIN. The van der Waals surface area contributed by atoms with E-state index >= 15 is 0 Å². The van der Waals surface area contributed by atoms with E-state index in [2.05, 4.69) is 36.7 Å². The first-order valence-corrected chi connectivity index (χ1v) is 12.3. The summed E-state index contributed by atoms with van der Waals surface area (Å²) in [6.45, 7) is 12.7. The van der Waals surface area contributed by atoms with Gasteiger partial charge in [-0.05, 0) is 51.4 Å². The lowest BCUT2D eigenvalue weighted by Gasteiger charge is -2.39. The maximum Gasteiger partial charge on any atom is 0.0786 e. The maximum atomic E-state index is 3.63. The highest BCUT2D eigenvalue weighted by Crippen LogP contribution is 2.19. The second-order valence-corrected chi connectivity index (χ2v) is 8.61. The minimum atomic E-state index is 0. The van der Waals surface area contributed by atoms with Gasteiger partial charge in [-0.1, -0.05) is 75.2 Å². The van der Waals surface area contributed by atoms with Crippen molar-refractivity contribution < 1.29 is 28.5 Å². The van der Waals surface area contributed by atoms with Crippen LogP contribution in [-0.4, -0.2) is 36.0 Å². The van der Waals surface area contributed by atoms with Crippen LogP contribution >= 0.6 is 15.9 Å². The van der Waals surface area contributed by atoms with E-state index in [0.29, 0.717) is 0 Å². The van der Waals surface area contributed by atoms with Gasteiger partial charge in [0.2, 0.25) is 0 Å². The molecule has 0 N–H and O–H groups in total. The molecule has 25 heavy (non-hydrogen) atoms. The molecule has 0 bridgehead atoms. The van der Waals surface area contributed by atoms with Crippen LogP contribution in [-0.2, 0) is 0 Å². The van der Waals surface area contributed by atoms with E-state index in [4.69, 9.17) is 0 Å². The highest BCUT2D eigenvalue weighted by molar-refractivity contribution is 9.09. The molecule has 0 atom stereocenters. The van der Waals surface area contributed by atoms with E-state index in [1.165, 1.54) is 126 Å². The molecule has 0 saturated heterocycles. The summed E-state index contributed by atoms with van der Waals surface area (Å²) in [5.41, 5.74) is 0. The third-order valence-electron chi connectivity index (χ3n) is 5.47. The normalized spacial score (nSPS) is 11.5. The summed E-state index contributed by atoms with van der Waals surface area (Å²) in [5, 5.41) is 1.18. The molecule has 0 aromatic rings. The monoisotopic (exact) mass is 531 g/mol. The third kappa shape index (κ3) is 17.0. The van der Waals surface area contributed by atoms with Crippen molar-refractivity contribution in [2.24, 2.45) is 0 Å². The summed E-state index contributed by atoms with van der Waals surface area (Å²) >= 11 is 3.63. The molecule has 0 radical (unpaired) electrons. The summed E-state index contributed by atoms with van der Waals surface area (Å²) in [4.78, 5) is 0. The number of quaternary nitrogens is 1. The Morgan fingerprint density at radius 2 is 0.800 bits per heavy atom. The van der Waals surface area contributed by atoms with Crippen LogP contribution < -0.4 is 24.0 Å². The lowest BCUT2D eigenvalue weighted by molar-refractivity contribution is -0.929. The van der Waals surface area contributed by atoms with Crippen molar-refractivity contribution in [2.75, 3.05) is 31.5 Å². The first-order valence-electron chi connectivity index (χ1n) is 11.2. The van der Waals surface area contributed by atoms with Crippen LogP contribution in [0.2, 0.25) is 0 Å². The van der Waals surface area contributed by atoms with Gasteiger partial charge in [-0.15, -0.1) is 0 Å². The minimum absolute atomic E-state index is 0. The zero-order valence-corrected chi connectivity index (χ0v) is 21.4. The molecule has 1 nitrogen and oxygen atoms in total. The van der Waals surface area contributed by atoms with Gasteiger partial charge in [-0.2, -0.15) is 0 Å². The fourth-order valence-electron chi connectivity index (χ4n) is 3.83. The summed E-state index contributed by atoms with van der Waals surface area (Å²) in [7, 11) is 0. The van der Waals surface area contributed by atoms with E-state index in [1.807, 2.05) is 0 Å². The SMILES string of the molecule is CCCCCC[N+](CCCCBr)(CCCCCC)CCCCCC.[I-]. The Balaban J connectivity index is 0. The van der Waals surface area contributed by atoms with Crippen LogP contribution in [0.15, 0.2) is 0 Å². The quantitative estimate of drug-likeness (QED) is 0.0978. The third-order valence-corrected chi connectivity index (χ3v) is 6.03. The molecule has 3 heteroatoms. The molecule has 0 spiro atoms. The van der Waals surface area contributed by atoms with Crippen molar-refractivity contribution in [1.29, 1.82) is 0 Å². The van der Waals surface area contributed by atoms with Gasteiger partial charge in [0, 0.05) is 5.33 Å². The Kier molecular flexibility index (Phi) is 24.4. The summed E-state index contributed by atoms with van der Waals surface area (Å²) in [6, 6.07) is 0. The molecule has 0 aliphatic carbocycles. The fourth-order valence-corrected chi connectivity index (χ4v) is 4.23. The van der Waals surface area contributed by atoms with Crippen LogP contribution in [0.4, 0.5) is 0 Å². The van der Waals surface area contributed by atoms with Crippen molar-refractivity contribution in [3.05, 3.63) is 0 Å². The van der Waals surface area contributed by atoms with Crippen LogP contribution in [0.1, 0.15) is 111 Å². The predicted molar refractivity (Wildman–Crippen MR) is 115 cm³/mol. The highest BCUT2D eigenvalue weighted by atomic mass is 127. The van der Waals surface area contributed by atoms with E-state index in [9.17, 15) is 0 Å². The molecule has 0 aromatic heterocycles. The van der Waals surface area contributed by atoms with Crippen molar-refractivity contribution in [1.82, 2.24) is 0 Å². The zero-order valence-electron chi connectivity index (χ0n) is 17.6. The Morgan fingerprint density at radius 1 is 0.480 bits per heavy atom. The number of alkyl halides is 1. The van der Waals surface area contributed by atoms with E-state index in [1.54, 1.807) is 0 Å². The standard InChI is InChI=1S/C22H47BrN.HI/c1-4-7-10-14-19-24(22-17-13-18-23,20-15-11-8-5-2)21-16-12-9-6-3;/h4-22H2,1-3H3;1H/q+1;/p-1. The molecule has 0 aliphatic heterocycles. The van der Waals surface area contributed by atoms with Crippen molar-refractivity contribution >= 4 is 15.9 Å². The Labute approximate surface area is 185 Å². The van der Waals surface area contributed by atoms with Crippen molar-refractivity contribution in [3.63, 3.8) is 0 Å². The van der Waals surface area contributed by atoms with E-state index in [-0.39, 0.29) is 24.0 Å².